The highest BCUT2D eigenvalue weighted by atomic mass is 79.9. The molecule has 3 heteroatoms. The molecular weight excluding hydrogens is 275 g/mol. The van der Waals surface area contributed by atoms with E-state index in [-0.39, 0.29) is 5.82 Å². The zero-order valence-electron chi connectivity index (χ0n) is 6.00. The Hall–Kier alpha value is 0.110. The third-order valence-electron chi connectivity index (χ3n) is 1.54. The fourth-order valence-corrected chi connectivity index (χ4v) is 2.13. The Morgan fingerprint density at radius 2 is 2.09 bits per heavy atom. The van der Waals surface area contributed by atoms with Crippen LogP contribution in [0.1, 0.15) is 11.1 Å². The third kappa shape index (κ3) is 1.82. The Kier molecular flexibility index (Phi) is 3.07. The number of halogens is 3. The Balaban J connectivity index is 3.25. The van der Waals surface area contributed by atoms with E-state index in [4.69, 9.17) is 0 Å². The lowest BCUT2D eigenvalue weighted by Crippen LogP contribution is -1.88. The summed E-state index contributed by atoms with van der Waals surface area (Å²) in [5.41, 5.74) is 1.74. The van der Waals surface area contributed by atoms with Crippen LogP contribution < -0.4 is 0 Å². The van der Waals surface area contributed by atoms with Crippen molar-refractivity contribution in [2.24, 2.45) is 0 Å². The van der Waals surface area contributed by atoms with Crippen LogP contribution in [0.5, 0.6) is 0 Å². The highest BCUT2D eigenvalue weighted by molar-refractivity contribution is 9.10. The van der Waals surface area contributed by atoms with Crippen LogP contribution in [0.4, 0.5) is 4.39 Å². The number of hydrogen-bond acceptors (Lipinski definition) is 0. The van der Waals surface area contributed by atoms with Gasteiger partial charge in [0.1, 0.15) is 5.82 Å². The van der Waals surface area contributed by atoms with Crippen LogP contribution in [0.25, 0.3) is 0 Å². The predicted molar refractivity (Wildman–Crippen MR) is 51.5 cm³/mol. The lowest BCUT2D eigenvalue weighted by atomic mass is 10.1. The van der Waals surface area contributed by atoms with Gasteiger partial charge in [-0.1, -0.05) is 37.9 Å². The summed E-state index contributed by atoms with van der Waals surface area (Å²) in [6.07, 6.45) is 0. The second-order valence-corrected chi connectivity index (χ2v) is 3.63. The minimum Gasteiger partial charge on any atom is -0.207 e. The summed E-state index contributed by atoms with van der Waals surface area (Å²) in [4.78, 5) is 0. The van der Waals surface area contributed by atoms with Gasteiger partial charge in [-0.05, 0) is 24.1 Å². The number of benzene rings is 1. The Morgan fingerprint density at radius 1 is 1.45 bits per heavy atom. The monoisotopic (exact) mass is 280 g/mol. The van der Waals surface area contributed by atoms with Crippen molar-refractivity contribution in [1.82, 2.24) is 0 Å². The van der Waals surface area contributed by atoms with E-state index in [1.165, 1.54) is 6.07 Å². The van der Waals surface area contributed by atoms with E-state index >= 15 is 0 Å². The first-order valence-electron chi connectivity index (χ1n) is 3.16. The largest absolute Gasteiger partial charge is 0.207 e. The van der Waals surface area contributed by atoms with Crippen LogP contribution in [0, 0.1) is 12.7 Å². The molecule has 0 aliphatic heterocycles. The van der Waals surface area contributed by atoms with E-state index in [0.717, 1.165) is 15.4 Å². The first kappa shape index (κ1) is 9.20. The number of alkyl halides is 1. The maximum absolute atomic E-state index is 12.9. The van der Waals surface area contributed by atoms with Gasteiger partial charge in [0.2, 0.25) is 0 Å². The van der Waals surface area contributed by atoms with Crippen molar-refractivity contribution in [1.29, 1.82) is 0 Å². The van der Waals surface area contributed by atoms with Crippen LogP contribution in [-0.4, -0.2) is 0 Å². The molecule has 0 unspecified atom stereocenters. The molecule has 1 aromatic carbocycles. The van der Waals surface area contributed by atoms with Crippen molar-refractivity contribution in [2.75, 3.05) is 0 Å². The van der Waals surface area contributed by atoms with E-state index in [0.29, 0.717) is 5.56 Å². The van der Waals surface area contributed by atoms with E-state index in [9.17, 15) is 4.39 Å². The summed E-state index contributed by atoms with van der Waals surface area (Å²) in [5.74, 6) is -0.165. The minimum absolute atomic E-state index is 0.165. The lowest BCUT2D eigenvalue weighted by molar-refractivity contribution is 0.616. The van der Waals surface area contributed by atoms with Crippen molar-refractivity contribution in [3.05, 3.63) is 33.5 Å². The first-order valence-corrected chi connectivity index (χ1v) is 5.07. The summed E-state index contributed by atoms with van der Waals surface area (Å²) >= 11 is 6.64. The zero-order valence-corrected chi connectivity index (χ0v) is 9.17. The molecule has 0 aliphatic carbocycles. The van der Waals surface area contributed by atoms with Gasteiger partial charge in [0.15, 0.2) is 0 Å². The summed E-state index contributed by atoms with van der Waals surface area (Å²) in [6, 6.07) is 3.25. The topological polar surface area (TPSA) is 0 Å². The second-order valence-electron chi connectivity index (χ2n) is 2.28. The quantitative estimate of drug-likeness (QED) is 0.687. The molecule has 0 amide bonds. The Bertz CT molecular complexity index is 271. The van der Waals surface area contributed by atoms with Gasteiger partial charge in [0.25, 0.3) is 0 Å². The maximum atomic E-state index is 12.9. The van der Waals surface area contributed by atoms with E-state index in [2.05, 4.69) is 31.9 Å². The molecule has 0 atom stereocenters. The van der Waals surface area contributed by atoms with Crippen molar-refractivity contribution >= 4 is 31.9 Å². The van der Waals surface area contributed by atoms with Crippen LogP contribution >= 0.6 is 31.9 Å². The molecule has 0 saturated carbocycles. The number of rotatable bonds is 1. The molecule has 11 heavy (non-hydrogen) atoms. The molecule has 0 aliphatic rings. The third-order valence-corrected chi connectivity index (χ3v) is 3.25. The molecule has 0 spiro atoms. The molecule has 0 aromatic heterocycles. The summed E-state index contributed by atoms with van der Waals surface area (Å²) in [5, 5.41) is 0.745. The summed E-state index contributed by atoms with van der Waals surface area (Å²) in [7, 11) is 0. The maximum Gasteiger partial charge on any atom is 0.127 e. The highest BCUT2D eigenvalue weighted by Crippen LogP contribution is 2.25. The standard InChI is InChI=1S/C8H7Br2F/c1-5-7(11)3-2-6(4-9)8(5)10/h2-3H,4H2,1H3. The SMILES string of the molecule is Cc1c(F)ccc(CBr)c1Br. The highest BCUT2D eigenvalue weighted by Gasteiger charge is 2.05. The van der Waals surface area contributed by atoms with Gasteiger partial charge in [-0.2, -0.15) is 0 Å². The summed E-state index contributed by atoms with van der Waals surface area (Å²) < 4.78 is 13.7. The van der Waals surface area contributed by atoms with Gasteiger partial charge in [-0.25, -0.2) is 4.39 Å². The van der Waals surface area contributed by atoms with Gasteiger partial charge >= 0.3 is 0 Å². The molecule has 0 heterocycles. The van der Waals surface area contributed by atoms with Crippen LogP contribution in [0.3, 0.4) is 0 Å². The fraction of sp³-hybridized carbons (Fsp3) is 0.250. The molecule has 1 aromatic rings. The van der Waals surface area contributed by atoms with Gasteiger partial charge < -0.3 is 0 Å². The molecule has 0 nitrogen and oxygen atoms in total. The van der Waals surface area contributed by atoms with Crippen LogP contribution in [-0.2, 0) is 5.33 Å². The van der Waals surface area contributed by atoms with Crippen molar-refractivity contribution in [3.63, 3.8) is 0 Å². The van der Waals surface area contributed by atoms with E-state index in [1.54, 1.807) is 13.0 Å². The van der Waals surface area contributed by atoms with Crippen molar-refractivity contribution in [2.45, 2.75) is 12.3 Å². The molecule has 60 valence electrons. The van der Waals surface area contributed by atoms with Crippen LogP contribution in [0.15, 0.2) is 16.6 Å². The molecule has 0 saturated heterocycles. The molecule has 0 fully saturated rings. The predicted octanol–water partition coefficient (Wildman–Crippen LogP) is 3.79. The van der Waals surface area contributed by atoms with Crippen molar-refractivity contribution in [3.8, 4) is 0 Å². The Morgan fingerprint density at radius 3 is 2.64 bits per heavy atom. The van der Waals surface area contributed by atoms with Crippen LogP contribution in [0.2, 0.25) is 0 Å². The van der Waals surface area contributed by atoms with Gasteiger partial charge in [-0.15, -0.1) is 0 Å². The molecule has 1 rings (SSSR count). The zero-order chi connectivity index (χ0) is 8.43. The minimum atomic E-state index is -0.165. The van der Waals surface area contributed by atoms with E-state index < -0.39 is 0 Å². The molecule has 0 bridgehead atoms. The summed E-state index contributed by atoms with van der Waals surface area (Å²) in [6.45, 7) is 1.76. The van der Waals surface area contributed by atoms with Gasteiger partial charge in [0, 0.05) is 9.80 Å². The average Bonchev–Trinajstić information content (AvgIpc) is 2.01. The normalized spacial score (nSPS) is 10.2. The Labute approximate surface area is 82.1 Å². The molecule has 0 radical (unpaired) electrons. The number of hydrogen-bond donors (Lipinski definition) is 0. The molecular formula is C8H7Br2F. The van der Waals surface area contributed by atoms with Gasteiger partial charge in [-0.3, -0.25) is 0 Å². The average molecular weight is 282 g/mol. The fourth-order valence-electron chi connectivity index (χ4n) is 0.821. The van der Waals surface area contributed by atoms with E-state index in [1.807, 2.05) is 0 Å². The molecule has 0 N–H and O–H groups in total. The van der Waals surface area contributed by atoms with Gasteiger partial charge in [0.05, 0.1) is 0 Å². The second kappa shape index (κ2) is 3.68. The lowest BCUT2D eigenvalue weighted by Gasteiger charge is -2.03. The smallest absolute Gasteiger partial charge is 0.127 e. The van der Waals surface area contributed by atoms with Crippen molar-refractivity contribution < 1.29 is 4.39 Å². The first-order chi connectivity index (χ1) is 5.16.